The molecule has 3 rings (SSSR count). The maximum Gasteiger partial charge on any atom is 0.0607 e. The third-order valence-corrected chi connectivity index (χ3v) is 4.81. The van der Waals surface area contributed by atoms with Gasteiger partial charge < -0.3 is 0 Å². The minimum atomic E-state index is 0.499. The van der Waals surface area contributed by atoms with Gasteiger partial charge in [0.2, 0.25) is 0 Å². The molecule has 0 N–H and O–H groups in total. The fourth-order valence-electron chi connectivity index (χ4n) is 4.53. The fourth-order valence-corrected chi connectivity index (χ4v) is 4.53. The highest BCUT2D eigenvalue weighted by molar-refractivity contribution is 5.33. The Hall–Kier alpha value is -1.26. The van der Waals surface area contributed by atoms with Crippen LogP contribution in [0.3, 0.4) is 0 Å². The monoisotopic (exact) mass is 267 g/mol. The van der Waals surface area contributed by atoms with E-state index in [2.05, 4.69) is 61.8 Å². The van der Waals surface area contributed by atoms with Gasteiger partial charge in [-0.05, 0) is 42.2 Å². The molecule has 1 unspecified atom stereocenters. The third-order valence-electron chi connectivity index (χ3n) is 4.81. The molecule has 0 amide bonds. The molecule has 20 heavy (non-hydrogen) atoms. The summed E-state index contributed by atoms with van der Waals surface area (Å²) in [4.78, 5) is 2.62. The average molecular weight is 267 g/mol. The van der Waals surface area contributed by atoms with Crippen molar-refractivity contribution in [1.82, 2.24) is 4.90 Å². The van der Waals surface area contributed by atoms with Gasteiger partial charge in [-0.2, -0.15) is 0 Å². The van der Waals surface area contributed by atoms with Crippen molar-refractivity contribution >= 4 is 0 Å². The first-order chi connectivity index (χ1) is 9.46. The van der Waals surface area contributed by atoms with Gasteiger partial charge in [-0.3, -0.25) is 4.90 Å². The Bertz CT molecular complexity index is 534. The SMILES string of the molecule is CC1(C)CC2C[C@@](C)(CN2CC#Cc2ccccc2)C1. The van der Waals surface area contributed by atoms with Crippen LogP contribution < -0.4 is 0 Å². The van der Waals surface area contributed by atoms with Crippen molar-refractivity contribution < 1.29 is 0 Å². The van der Waals surface area contributed by atoms with Crippen LogP contribution >= 0.6 is 0 Å². The minimum absolute atomic E-state index is 0.499. The van der Waals surface area contributed by atoms with Crippen LogP contribution in [0.15, 0.2) is 30.3 Å². The largest absolute Gasteiger partial charge is 0.289 e. The van der Waals surface area contributed by atoms with Crippen molar-refractivity contribution in [1.29, 1.82) is 0 Å². The molecule has 106 valence electrons. The summed E-state index contributed by atoms with van der Waals surface area (Å²) in [5.74, 6) is 6.67. The van der Waals surface area contributed by atoms with Gasteiger partial charge in [-0.1, -0.05) is 50.8 Å². The van der Waals surface area contributed by atoms with Crippen molar-refractivity contribution in [2.75, 3.05) is 13.1 Å². The smallest absolute Gasteiger partial charge is 0.0607 e. The molecule has 0 radical (unpaired) electrons. The van der Waals surface area contributed by atoms with Crippen LogP contribution in [0.4, 0.5) is 0 Å². The molecule has 2 atom stereocenters. The normalized spacial score (nSPS) is 31.6. The predicted molar refractivity (Wildman–Crippen MR) is 84.4 cm³/mol. The van der Waals surface area contributed by atoms with Gasteiger partial charge in [0.05, 0.1) is 6.54 Å². The maximum absolute atomic E-state index is 3.38. The summed E-state index contributed by atoms with van der Waals surface area (Å²) in [6.45, 7) is 9.47. The summed E-state index contributed by atoms with van der Waals surface area (Å²) in [5.41, 5.74) is 2.14. The average Bonchev–Trinajstić information content (AvgIpc) is 2.60. The van der Waals surface area contributed by atoms with E-state index < -0.39 is 0 Å². The standard InChI is InChI=1S/C19H25N/c1-18(2)12-17-13-19(3,14-18)15-20(17)11-7-10-16-8-5-4-6-9-16/h4-6,8-9,17H,11-15H2,1-3H3/t17?,19-/m1/s1. The molecule has 1 aliphatic carbocycles. The zero-order valence-electron chi connectivity index (χ0n) is 12.9. The van der Waals surface area contributed by atoms with Gasteiger partial charge in [0.15, 0.2) is 0 Å². The van der Waals surface area contributed by atoms with E-state index in [4.69, 9.17) is 0 Å². The van der Waals surface area contributed by atoms with Crippen LogP contribution in [-0.2, 0) is 0 Å². The molecule has 0 aromatic heterocycles. The van der Waals surface area contributed by atoms with Crippen LogP contribution in [-0.4, -0.2) is 24.0 Å². The Morgan fingerprint density at radius 1 is 1.15 bits per heavy atom. The van der Waals surface area contributed by atoms with Gasteiger partial charge in [0.25, 0.3) is 0 Å². The molecule has 1 heteroatoms. The summed E-state index contributed by atoms with van der Waals surface area (Å²) in [6.07, 6.45) is 4.05. The highest BCUT2D eigenvalue weighted by atomic mass is 15.2. The van der Waals surface area contributed by atoms with E-state index in [0.29, 0.717) is 10.8 Å². The summed E-state index contributed by atoms with van der Waals surface area (Å²) >= 11 is 0. The van der Waals surface area contributed by atoms with Gasteiger partial charge in [0, 0.05) is 18.2 Å². The van der Waals surface area contributed by atoms with Crippen molar-refractivity contribution in [2.45, 2.75) is 46.1 Å². The number of rotatable bonds is 1. The topological polar surface area (TPSA) is 3.24 Å². The Balaban J connectivity index is 1.67. The fraction of sp³-hybridized carbons (Fsp3) is 0.579. The predicted octanol–water partition coefficient (Wildman–Crippen LogP) is 3.94. The van der Waals surface area contributed by atoms with Crippen LogP contribution in [0.2, 0.25) is 0 Å². The first-order valence-corrected chi connectivity index (χ1v) is 7.74. The second-order valence-electron chi connectivity index (χ2n) is 7.79. The van der Waals surface area contributed by atoms with Gasteiger partial charge >= 0.3 is 0 Å². The summed E-state index contributed by atoms with van der Waals surface area (Å²) in [7, 11) is 0. The molecule has 1 aromatic carbocycles. The number of benzene rings is 1. The minimum Gasteiger partial charge on any atom is -0.289 e. The number of likely N-dealkylation sites (tertiary alicyclic amines) is 1. The lowest BCUT2D eigenvalue weighted by Crippen LogP contribution is -2.34. The molecule has 0 spiro atoms. The molecular formula is C19H25N. The van der Waals surface area contributed by atoms with Gasteiger partial charge in [-0.25, -0.2) is 0 Å². The van der Waals surface area contributed by atoms with E-state index in [1.807, 2.05) is 6.07 Å². The molecule has 2 aliphatic rings. The second kappa shape index (κ2) is 4.93. The summed E-state index contributed by atoms with van der Waals surface area (Å²) in [5, 5.41) is 0. The van der Waals surface area contributed by atoms with Crippen molar-refractivity contribution in [3.8, 4) is 11.8 Å². The van der Waals surface area contributed by atoms with E-state index in [-0.39, 0.29) is 0 Å². The molecular weight excluding hydrogens is 242 g/mol. The molecule has 1 saturated carbocycles. The molecule has 1 nitrogen and oxygen atoms in total. The number of hydrogen-bond donors (Lipinski definition) is 0. The van der Waals surface area contributed by atoms with Crippen molar-refractivity contribution in [2.24, 2.45) is 10.8 Å². The maximum atomic E-state index is 3.38. The summed E-state index contributed by atoms with van der Waals surface area (Å²) in [6, 6.07) is 11.1. The van der Waals surface area contributed by atoms with E-state index in [0.717, 1.165) is 18.2 Å². The molecule has 1 aromatic rings. The highest BCUT2D eigenvalue weighted by Gasteiger charge is 2.49. The highest BCUT2D eigenvalue weighted by Crippen LogP contribution is 2.52. The van der Waals surface area contributed by atoms with E-state index in [9.17, 15) is 0 Å². The first kappa shape index (κ1) is 13.7. The number of fused-ring (bicyclic) bond motifs is 2. The second-order valence-corrected chi connectivity index (χ2v) is 7.79. The van der Waals surface area contributed by atoms with Crippen molar-refractivity contribution in [3.63, 3.8) is 0 Å². The van der Waals surface area contributed by atoms with Crippen LogP contribution in [0, 0.1) is 22.7 Å². The van der Waals surface area contributed by atoms with E-state index in [1.165, 1.54) is 25.8 Å². The lowest BCUT2D eigenvalue weighted by molar-refractivity contribution is 0.129. The third kappa shape index (κ3) is 2.91. The molecule has 1 aliphatic heterocycles. The van der Waals surface area contributed by atoms with E-state index in [1.54, 1.807) is 0 Å². The van der Waals surface area contributed by atoms with Crippen LogP contribution in [0.25, 0.3) is 0 Å². The number of hydrogen-bond acceptors (Lipinski definition) is 1. The Morgan fingerprint density at radius 3 is 2.65 bits per heavy atom. The Morgan fingerprint density at radius 2 is 1.90 bits per heavy atom. The zero-order chi connectivity index (χ0) is 14.2. The Kier molecular flexibility index (Phi) is 3.38. The first-order valence-electron chi connectivity index (χ1n) is 7.74. The van der Waals surface area contributed by atoms with Crippen LogP contribution in [0.5, 0.6) is 0 Å². The lowest BCUT2D eigenvalue weighted by atomic mass is 9.65. The quantitative estimate of drug-likeness (QED) is 0.697. The van der Waals surface area contributed by atoms with E-state index >= 15 is 0 Å². The number of nitrogens with zero attached hydrogens (tertiary/aromatic N) is 1. The Labute approximate surface area is 123 Å². The van der Waals surface area contributed by atoms with Crippen molar-refractivity contribution in [3.05, 3.63) is 35.9 Å². The molecule has 2 fully saturated rings. The van der Waals surface area contributed by atoms with Gasteiger partial charge in [-0.15, -0.1) is 0 Å². The lowest BCUT2D eigenvalue weighted by Gasteiger charge is -2.39. The summed E-state index contributed by atoms with van der Waals surface area (Å²) < 4.78 is 0. The molecule has 1 saturated heterocycles. The van der Waals surface area contributed by atoms with Gasteiger partial charge in [0.1, 0.15) is 0 Å². The zero-order valence-corrected chi connectivity index (χ0v) is 12.9. The van der Waals surface area contributed by atoms with Crippen LogP contribution in [0.1, 0.15) is 45.6 Å². The molecule has 1 heterocycles. The molecule has 2 bridgehead atoms.